The Morgan fingerprint density at radius 1 is 0.950 bits per heavy atom. The van der Waals surface area contributed by atoms with Crippen LogP contribution in [-0.2, 0) is 6.54 Å². The van der Waals surface area contributed by atoms with Crippen molar-refractivity contribution in [2.24, 2.45) is 0 Å². The molecule has 0 spiro atoms. The minimum atomic E-state index is 0.786. The summed E-state index contributed by atoms with van der Waals surface area (Å²) in [5.74, 6) is 0. The van der Waals surface area contributed by atoms with Crippen molar-refractivity contribution in [3.8, 4) is 0 Å². The summed E-state index contributed by atoms with van der Waals surface area (Å²) in [6, 6.07) is 14.5. The van der Waals surface area contributed by atoms with Gasteiger partial charge in [0.15, 0.2) is 0 Å². The quantitative estimate of drug-likeness (QED) is 0.528. The molecule has 0 atom stereocenters. The zero-order chi connectivity index (χ0) is 13.4. The number of rotatable bonds is 3. The maximum Gasteiger partial charge on any atom is 0.0671 e. The van der Waals surface area contributed by atoms with Crippen LogP contribution in [0.3, 0.4) is 0 Å². The summed E-state index contributed by atoms with van der Waals surface area (Å²) in [7, 11) is 0. The van der Waals surface area contributed by atoms with Crippen LogP contribution < -0.4 is 5.32 Å². The van der Waals surface area contributed by atoms with Crippen LogP contribution in [0.5, 0.6) is 0 Å². The third kappa shape index (κ3) is 1.73. The molecule has 0 bridgehead atoms. The first kappa shape index (κ1) is 11.1. The van der Waals surface area contributed by atoms with Crippen LogP contribution in [0, 0.1) is 0 Å². The fraction of sp³-hybridized carbons (Fsp3) is 0.0625. The number of fused-ring (bicyclic) bond motifs is 2. The van der Waals surface area contributed by atoms with E-state index >= 15 is 0 Å². The number of aromatic amines is 2. The van der Waals surface area contributed by atoms with Crippen molar-refractivity contribution in [3.63, 3.8) is 0 Å². The largest absolute Gasteiger partial charge is 0.380 e. The van der Waals surface area contributed by atoms with E-state index in [0.717, 1.165) is 23.1 Å². The fourth-order valence-corrected chi connectivity index (χ4v) is 2.59. The normalized spacial score (nSPS) is 11.2. The SMILES string of the molecule is c1ccc2c(CNc3cccc4[nH]ncc34)c[nH]c2c1. The molecule has 2 heterocycles. The van der Waals surface area contributed by atoms with Crippen LogP contribution in [0.15, 0.2) is 54.9 Å². The number of aromatic nitrogens is 3. The molecule has 0 saturated carbocycles. The van der Waals surface area contributed by atoms with E-state index < -0.39 is 0 Å². The Balaban J connectivity index is 1.66. The third-order valence-corrected chi connectivity index (χ3v) is 3.63. The van der Waals surface area contributed by atoms with E-state index in [9.17, 15) is 0 Å². The third-order valence-electron chi connectivity index (χ3n) is 3.63. The minimum Gasteiger partial charge on any atom is -0.380 e. The van der Waals surface area contributed by atoms with Crippen molar-refractivity contribution in [1.29, 1.82) is 0 Å². The molecule has 0 unspecified atom stereocenters. The summed E-state index contributed by atoms with van der Waals surface area (Å²) in [6.45, 7) is 0.786. The molecule has 98 valence electrons. The number of H-pyrrole nitrogens is 2. The van der Waals surface area contributed by atoms with E-state index in [1.807, 2.05) is 24.4 Å². The molecule has 4 rings (SSSR count). The maximum atomic E-state index is 4.09. The summed E-state index contributed by atoms with van der Waals surface area (Å²) in [5.41, 5.74) is 4.59. The Morgan fingerprint density at radius 2 is 1.85 bits per heavy atom. The highest BCUT2D eigenvalue weighted by molar-refractivity contribution is 5.91. The van der Waals surface area contributed by atoms with Gasteiger partial charge in [-0.2, -0.15) is 5.10 Å². The van der Waals surface area contributed by atoms with Gasteiger partial charge < -0.3 is 10.3 Å². The lowest BCUT2D eigenvalue weighted by atomic mass is 10.1. The van der Waals surface area contributed by atoms with Gasteiger partial charge in [0, 0.05) is 34.7 Å². The maximum absolute atomic E-state index is 4.09. The molecule has 4 aromatic rings. The summed E-state index contributed by atoms with van der Waals surface area (Å²) in [6.07, 6.45) is 3.92. The molecule has 20 heavy (non-hydrogen) atoms. The zero-order valence-electron chi connectivity index (χ0n) is 10.9. The second kappa shape index (κ2) is 4.42. The van der Waals surface area contributed by atoms with Crippen LogP contribution in [0.4, 0.5) is 5.69 Å². The minimum absolute atomic E-state index is 0.786. The molecule has 0 amide bonds. The molecule has 0 fully saturated rings. The van der Waals surface area contributed by atoms with Gasteiger partial charge >= 0.3 is 0 Å². The molecule has 3 N–H and O–H groups in total. The second-order valence-corrected chi connectivity index (χ2v) is 4.85. The van der Waals surface area contributed by atoms with Crippen LogP contribution in [0.25, 0.3) is 21.8 Å². The monoisotopic (exact) mass is 262 g/mol. The van der Waals surface area contributed by atoms with Gasteiger partial charge in [0.05, 0.1) is 11.7 Å². The molecular weight excluding hydrogens is 248 g/mol. The van der Waals surface area contributed by atoms with E-state index in [4.69, 9.17) is 0 Å². The number of nitrogens with zero attached hydrogens (tertiary/aromatic N) is 1. The molecule has 0 aliphatic carbocycles. The Morgan fingerprint density at radius 3 is 2.85 bits per heavy atom. The molecule has 2 aromatic heterocycles. The van der Waals surface area contributed by atoms with Crippen molar-refractivity contribution >= 4 is 27.5 Å². The lowest BCUT2D eigenvalue weighted by Gasteiger charge is -2.06. The molecular formula is C16H14N4. The highest BCUT2D eigenvalue weighted by Gasteiger charge is 2.05. The van der Waals surface area contributed by atoms with Gasteiger partial charge in [0.2, 0.25) is 0 Å². The molecule has 4 nitrogen and oxygen atoms in total. The fourth-order valence-electron chi connectivity index (χ4n) is 2.59. The molecule has 0 radical (unpaired) electrons. The van der Waals surface area contributed by atoms with Crippen LogP contribution in [-0.4, -0.2) is 15.2 Å². The first-order chi connectivity index (χ1) is 9.92. The van der Waals surface area contributed by atoms with Gasteiger partial charge in [0.25, 0.3) is 0 Å². The van der Waals surface area contributed by atoms with Crippen LogP contribution >= 0.6 is 0 Å². The average Bonchev–Trinajstić information content (AvgIpc) is 3.12. The van der Waals surface area contributed by atoms with E-state index in [1.54, 1.807) is 0 Å². The number of hydrogen-bond acceptors (Lipinski definition) is 2. The first-order valence-corrected chi connectivity index (χ1v) is 6.63. The average molecular weight is 262 g/mol. The van der Waals surface area contributed by atoms with E-state index in [1.165, 1.54) is 16.5 Å². The standard InChI is InChI=1S/C16H14N4/c1-2-5-14-12(4-1)11(8-17-14)9-18-15-6-3-7-16-13(15)10-19-20-16/h1-8,10,17-18H,9H2,(H,19,20). The Labute approximate surface area is 115 Å². The summed E-state index contributed by atoms with van der Waals surface area (Å²) in [4.78, 5) is 3.30. The van der Waals surface area contributed by atoms with Crippen molar-refractivity contribution < 1.29 is 0 Å². The van der Waals surface area contributed by atoms with Crippen molar-refractivity contribution in [2.75, 3.05) is 5.32 Å². The second-order valence-electron chi connectivity index (χ2n) is 4.85. The number of benzene rings is 2. The van der Waals surface area contributed by atoms with Gasteiger partial charge in [-0.15, -0.1) is 0 Å². The lowest BCUT2D eigenvalue weighted by molar-refractivity contribution is 1.12. The van der Waals surface area contributed by atoms with Crippen molar-refractivity contribution in [2.45, 2.75) is 6.54 Å². The smallest absolute Gasteiger partial charge is 0.0671 e. The molecule has 4 heteroatoms. The van der Waals surface area contributed by atoms with E-state index in [-0.39, 0.29) is 0 Å². The molecule has 0 saturated heterocycles. The van der Waals surface area contributed by atoms with E-state index in [0.29, 0.717) is 0 Å². The first-order valence-electron chi connectivity index (χ1n) is 6.63. The number of para-hydroxylation sites is 1. The van der Waals surface area contributed by atoms with Gasteiger partial charge in [-0.25, -0.2) is 0 Å². The summed E-state index contributed by atoms with van der Waals surface area (Å²) >= 11 is 0. The Bertz CT molecular complexity index is 872. The molecule has 0 aliphatic heterocycles. The van der Waals surface area contributed by atoms with Crippen LogP contribution in [0.2, 0.25) is 0 Å². The topological polar surface area (TPSA) is 56.5 Å². The summed E-state index contributed by atoms with van der Waals surface area (Å²) < 4.78 is 0. The predicted octanol–water partition coefficient (Wildman–Crippen LogP) is 3.66. The number of hydrogen-bond donors (Lipinski definition) is 3. The molecule has 0 aliphatic rings. The Kier molecular flexibility index (Phi) is 2.45. The Hall–Kier alpha value is -2.75. The van der Waals surface area contributed by atoms with E-state index in [2.05, 4.69) is 51.0 Å². The lowest BCUT2D eigenvalue weighted by Crippen LogP contribution is -1.98. The van der Waals surface area contributed by atoms with Crippen molar-refractivity contribution in [1.82, 2.24) is 15.2 Å². The van der Waals surface area contributed by atoms with Gasteiger partial charge in [-0.1, -0.05) is 24.3 Å². The highest BCUT2D eigenvalue weighted by atomic mass is 15.1. The number of anilines is 1. The van der Waals surface area contributed by atoms with Gasteiger partial charge in [0.1, 0.15) is 0 Å². The highest BCUT2D eigenvalue weighted by Crippen LogP contribution is 2.23. The van der Waals surface area contributed by atoms with Gasteiger partial charge in [-0.05, 0) is 23.8 Å². The van der Waals surface area contributed by atoms with Crippen molar-refractivity contribution in [3.05, 3.63) is 60.4 Å². The van der Waals surface area contributed by atoms with Crippen LogP contribution in [0.1, 0.15) is 5.56 Å². The summed E-state index contributed by atoms with van der Waals surface area (Å²) in [5, 5.41) is 12.9. The molecule has 2 aromatic carbocycles. The number of nitrogens with one attached hydrogen (secondary N) is 3. The zero-order valence-corrected chi connectivity index (χ0v) is 10.9. The van der Waals surface area contributed by atoms with Gasteiger partial charge in [-0.3, -0.25) is 5.10 Å². The predicted molar refractivity (Wildman–Crippen MR) is 81.7 cm³/mol.